The van der Waals surface area contributed by atoms with Gasteiger partial charge in [0.25, 0.3) is 10.0 Å². The van der Waals surface area contributed by atoms with Crippen LogP contribution in [0.2, 0.25) is 0 Å². The molecular formula is C23H25F2N3O3S. The molecule has 6 nitrogen and oxygen atoms in total. The van der Waals surface area contributed by atoms with Gasteiger partial charge in [-0.3, -0.25) is 9.52 Å². The van der Waals surface area contributed by atoms with Crippen molar-refractivity contribution in [2.45, 2.75) is 48.3 Å². The minimum atomic E-state index is -4.28. The molecule has 3 aliphatic rings. The molecule has 2 heterocycles. The maximum Gasteiger partial charge on any atom is 0.264 e. The normalized spacial score (nSPS) is 20.7. The van der Waals surface area contributed by atoms with Gasteiger partial charge in [-0.1, -0.05) is 6.42 Å². The highest BCUT2D eigenvalue weighted by Gasteiger charge is 2.52. The van der Waals surface area contributed by atoms with Crippen molar-refractivity contribution in [1.29, 1.82) is 0 Å². The number of benzene rings is 2. The highest BCUT2D eigenvalue weighted by atomic mass is 32.2. The summed E-state index contributed by atoms with van der Waals surface area (Å²) in [6.45, 7) is 1.82. The Labute approximate surface area is 186 Å². The largest absolute Gasteiger partial charge is 0.325 e. The van der Waals surface area contributed by atoms with Crippen LogP contribution < -0.4 is 10.0 Å². The number of carbonyl (C=O) groups is 1. The Balaban J connectivity index is 1.57. The maximum atomic E-state index is 14.2. The molecule has 1 amide bonds. The van der Waals surface area contributed by atoms with Crippen molar-refractivity contribution >= 4 is 27.3 Å². The smallest absolute Gasteiger partial charge is 0.264 e. The second-order valence-corrected chi connectivity index (χ2v) is 10.8. The van der Waals surface area contributed by atoms with Gasteiger partial charge in [0, 0.05) is 17.4 Å². The van der Waals surface area contributed by atoms with Gasteiger partial charge in [0.15, 0.2) is 0 Å². The van der Waals surface area contributed by atoms with E-state index >= 15 is 0 Å². The van der Waals surface area contributed by atoms with Crippen molar-refractivity contribution in [2.75, 3.05) is 30.2 Å². The number of hydrogen-bond donors (Lipinski definition) is 2. The molecule has 0 unspecified atom stereocenters. The molecule has 1 spiro atoms. The standard InChI is InChI=1S/C23H25F2N3O3S/c1-28-9-5-14(6-10-28)17-12-16(13-18-21(17)26-22(29)23(18)7-2-8-23)27-32(30,31)20-4-3-15(24)11-19(20)25/h3-4,11-14,27H,2,5-10H2,1H3,(H,26,29). The van der Waals surface area contributed by atoms with E-state index in [9.17, 15) is 22.0 Å². The summed E-state index contributed by atoms with van der Waals surface area (Å²) < 4.78 is 55.8. The zero-order valence-corrected chi connectivity index (χ0v) is 18.6. The van der Waals surface area contributed by atoms with Crippen molar-refractivity contribution in [2.24, 2.45) is 0 Å². The van der Waals surface area contributed by atoms with Crippen LogP contribution in [-0.4, -0.2) is 39.4 Å². The molecule has 0 aromatic heterocycles. The Bertz CT molecular complexity index is 1200. The van der Waals surface area contributed by atoms with Gasteiger partial charge in [-0.25, -0.2) is 17.2 Å². The molecule has 2 aromatic carbocycles. The Hall–Kier alpha value is -2.52. The third-order valence-corrected chi connectivity index (χ3v) is 8.57. The van der Waals surface area contributed by atoms with Gasteiger partial charge in [0.1, 0.15) is 16.5 Å². The van der Waals surface area contributed by atoms with Crippen LogP contribution in [0.3, 0.4) is 0 Å². The SMILES string of the molecule is CN1CCC(c2cc(NS(=O)(=O)c3ccc(F)cc3F)cc3c2NC(=O)C32CCC2)CC1. The minimum absolute atomic E-state index is 0.0301. The molecule has 170 valence electrons. The number of amides is 1. The third-order valence-electron chi connectivity index (χ3n) is 7.16. The molecule has 0 bridgehead atoms. The third kappa shape index (κ3) is 3.38. The van der Waals surface area contributed by atoms with Crippen LogP contribution in [0.4, 0.5) is 20.2 Å². The van der Waals surface area contributed by atoms with Gasteiger partial charge in [0.2, 0.25) is 5.91 Å². The van der Waals surface area contributed by atoms with Crippen LogP contribution in [0.15, 0.2) is 35.2 Å². The molecule has 0 atom stereocenters. The Morgan fingerprint density at radius 1 is 1.12 bits per heavy atom. The fraction of sp³-hybridized carbons (Fsp3) is 0.435. The van der Waals surface area contributed by atoms with E-state index in [2.05, 4.69) is 22.0 Å². The molecule has 5 rings (SSSR count). The maximum absolute atomic E-state index is 14.2. The summed E-state index contributed by atoms with van der Waals surface area (Å²) in [6, 6.07) is 5.83. The zero-order valence-electron chi connectivity index (χ0n) is 17.7. The molecule has 9 heteroatoms. The first-order valence-corrected chi connectivity index (χ1v) is 12.3. The molecular weight excluding hydrogens is 436 g/mol. The van der Waals surface area contributed by atoms with Crippen molar-refractivity contribution in [1.82, 2.24) is 4.90 Å². The van der Waals surface area contributed by atoms with Crippen LogP contribution in [0.5, 0.6) is 0 Å². The number of fused-ring (bicyclic) bond motifs is 2. The average molecular weight is 462 g/mol. The van der Waals surface area contributed by atoms with E-state index in [1.165, 1.54) is 0 Å². The minimum Gasteiger partial charge on any atom is -0.325 e. The first-order chi connectivity index (χ1) is 15.2. The molecule has 2 fully saturated rings. The lowest BCUT2D eigenvalue weighted by atomic mass is 9.65. The average Bonchev–Trinajstić information content (AvgIpc) is 2.99. The second kappa shape index (κ2) is 7.52. The van der Waals surface area contributed by atoms with E-state index in [0.29, 0.717) is 11.8 Å². The van der Waals surface area contributed by atoms with Crippen LogP contribution in [0.25, 0.3) is 0 Å². The van der Waals surface area contributed by atoms with Gasteiger partial charge in [-0.2, -0.15) is 0 Å². The van der Waals surface area contributed by atoms with E-state index in [1.54, 1.807) is 12.1 Å². The lowest BCUT2D eigenvalue weighted by Gasteiger charge is -2.36. The van der Waals surface area contributed by atoms with Crippen molar-refractivity contribution in [3.63, 3.8) is 0 Å². The highest BCUT2D eigenvalue weighted by Crippen LogP contribution is 2.54. The van der Waals surface area contributed by atoms with Gasteiger partial charge < -0.3 is 10.2 Å². The van der Waals surface area contributed by atoms with E-state index in [0.717, 1.165) is 74.1 Å². The lowest BCUT2D eigenvalue weighted by Crippen LogP contribution is -2.40. The number of nitrogens with zero attached hydrogens (tertiary/aromatic N) is 1. The van der Waals surface area contributed by atoms with Crippen molar-refractivity contribution < 1.29 is 22.0 Å². The molecule has 2 N–H and O–H groups in total. The molecule has 2 aromatic rings. The van der Waals surface area contributed by atoms with E-state index in [4.69, 9.17) is 0 Å². The summed E-state index contributed by atoms with van der Waals surface area (Å²) in [4.78, 5) is 14.5. The summed E-state index contributed by atoms with van der Waals surface area (Å²) in [5.41, 5.74) is 2.23. The Morgan fingerprint density at radius 3 is 2.47 bits per heavy atom. The quantitative estimate of drug-likeness (QED) is 0.723. The van der Waals surface area contributed by atoms with Gasteiger partial charge in [-0.15, -0.1) is 0 Å². The number of hydrogen-bond acceptors (Lipinski definition) is 4. The fourth-order valence-corrected chi connectivity index (χ4v) is 6.27. The predicted molar refractivity (Wildman–Crippen MR) is 117 cm³/mol. The van der Waals surface area contributed by atoms with Gasteiger partial charge >= 0.3 is 0 Å². The molecule has 2 aliphatic heterocycles. The fourth-order valence-electron chi connectivity index (χ4n) is 5.17. The summed E-state index contributed by atoms with van der Waals surface area (Å²) in [5.74, 6) is -1.85. The molecule has 1 aliphatic carbocycles. The number of sulfonamides is 1. The monoisotopic (exact) mass is 461 g/mol. The molecule has 1 saturated carbocycles. The zero-order chi connectivity index (χ0) is 22.7. The first-order valence-electron chi connectivity index (χ1n) is 10.9. The van der Waals surface area contributed by atoms with E-state index < -0.39 is 32.0 Å². The molecule has 32 heavy (non-hydrogen) atoms. The first kappa shape index (κ1) is 21.3. The predicted octanol–water partition coefficient (Wildman–Crippen LogP) is 3.95. The van der Waals surface area contributed by atoms with Crippen LogP contribution in [0, 0.1) is 11.6 Å². The topological polar surface area (TPSA) is 78.5 Å². The number of carbonyl (C=O) groups excluding carboxylic acids is 1. The van der Waals surface area contributed by atoms with Gasteiger partial charge in [0.05, 0.1) is 5.41 Å². The van der Waals surface area contributed by atoms with Crippen LogP contribution >= 0.6 is 0 Å². The summed E-state index contributed by atoms with van der Waals surface area (Å²) >= 11 is 0. The van der Waals surface area contributed by atoms with Crippen LogP contribution in [-0.2, 0) is 20.2 Å². The van der Waals surface area contributed by atoms with Crippen LogP contribution in [0.1, 0.15) is 49.1 Å². The number of rotatable bonds is 4. The Kier molecular flexibility index (Phi) is 5.01. The lowest BCUT2D eigenvalue weighted by molar-refractivity contribution is -0.123. The number of nitrogens with one attached hydrogen (secondary N) is 2. The van der Waals surface area contributed by atoms with Crippen molar-refractivity contribution in [3.8, 4) is 0 Å². The van der Waals surface area contributed by atoms with Crippen molar-refractivity contribution in [3.05, 3.63) is 53.1 Å². The summed E-state index contributed by atoms with van der Waals surface area (Å²) in [5, 5.41) is 3.07. The summed E-state index contributed by atoms with van der Waals surface area (Å²) in [6.07, 6.45) is 4.18. The van der Waals surface area contributed by atoms with Gasteiger partial charge in [-0.05, 0) is 87.1 Å². The highest BCUT2D eigenvalue weighted by molar-refractivity contribution is 7.92. The Morgan fingerprint density at radius 2 is 1.84 bits per heavy atom. The molecule has 1 saturated heterocycles. The second-order valence-electron chi connectivity index (χ2n) is 9.14. The summed E-state index contributed by atoms with van der Waals surface area (Å²) in [7, 11) is -2.22. The van der Waals surface area contributed by atoms with E-state index in [-0.39, 0.29) is 11.8 Å². The molecule has 0 radical (unpaired) electrons. The number of likely N-dealkylation sites (tertiary alicyclic amines) is 1. The number of anilines is 2. The number of piperidine rings is 1. The number of halogens is 2. The van der Waals surface area contributed by atoms with E-state index in [1.807, 2.05) is 0 Å².